The summed E-state index contributed by atoms with van der Waals surface area (Å²) in [5.41, 5.74) is 2.37. The van der Waals surface area contributed by atoms with Crippen molar-refractivity contribution in [3.8, 4) is 0 Å². The molecule has 3 N–H and O–H groups in total. The van der Waals surface area contributed by atoms with Crippen molar-refractivity contribution in [3.05, 3.63) is 34.3 Å². The summed E-state index contributed by atoms with van der Waals surface area (Å²) in [6.45, 7) is 1.74. The fourth-order valence-corrected chi connectivity index (χ4v) is 3.01. The fraction of sp³-hybridized carbons (Fsp3) is 0.529. The summed E-state index contributed by atoms with van der Waals surface area (Å²) in [6.07, 6.45) is -0.427. The van der Waals surface area contributed by atoms with Gasteiger partial charge >= 0.3 is 11.9 Å². The quantitative estimate of drug-likeness (QED) is 0.631. The van der Waals surface area contributed by atoms with Crippen LogP contribution in [-0.2, 0) is 32.7 Å². The summed E-state index contributed by atoms with van der Waals surface area (Å²) in [6, 6.07) is 0. The van der Waals surface area contributed by atoms with Gasteiger partial charge in [0.25, 0.3) is 0 Å². The van der Waals surface area contributed by atoms with Gasteiger partial charge in [-0.15, -0.1) is 0 Å². The molecule has 0 aliphatic heterocycles. The second-order valence-electron chi connectivity index (χ2n) is 5.95. The molecule has 1 aliphatic carbocycles. The summed E-state index contributed by atoms with van der Waals surface area (Å²) in [5.74, 6) is -1.23. The predicted molar refractivity (Wildman–Crippen MR) is 86.4 cm³/mol. The van der Waals surface area contributed by atoms with Gasteiger partial charge < -0.3 is 29.4 Å². The lowest BCUT2D eigenvalue weighted by atomic mass is 9.94. The van der Waals surface area contributed by atoms with Crippen molar-refractivity contribution in [1.29, 1.82) is 0 Å². The second-order valence-corrected chi connectivity index (χ2v) is 5.95. The predicted octanol–water partition coefficient (Wildman–Crippen LogP) is 1.24. The van der Waals surface area contributed by atoms with E-state index in [9.17, 15) is 19.8 Å². The first kappa shape index (κ1) is 19.0. The third-order valence-corrected chi connectivity index (χ3v) is 4.43. The molecule has 0 bridgehead atoms. The van der Waals surface area contributed by atoms with Crippen LogP contribution in [0.4, 0.5) is 0 Å². The molecule has 0 fully saturated rings. The Kier molecular flexibility index (Phi) is 5.86. The van der Waals surface area contributed by atoms with Crippen LogP contribution >= 0.6 is 0 Å². The van der Waals surface area contributed by atoms with E-state index in [1.165, 1.54) is 13.2 Å². The van der Waals surface area contributed by atoms with Crippen LogP contribution in [0.1, 0.15) is 54.0 Å². The number of carbonyl (C=O) groups excluding carboxylic acids is 1. The molecule has 1 aromatic rings. The number of methoxy groups -OCH3 is 1. The fourth-order valence-electron chi connectivity index (χ4n) is 3.01. The number of aliphatic hydroxyl groups excluding tert-OH is 2. The van der Waals surface area contributed by atoms with Gasteiger partial charge in [-0.05, 0) is 19.4 Å². The third kappa shape index (κ3) is 3.85. The summed E-state index contributed by atoms with van der Waals surface area (Å²) in [5, 5.41) is 29.4. The Morgan fingerprint density at radius 2 is 1.96 bits per heavy atom. The first-order valence-corrected chi connectivity index (χ1v) is 7.95. The van der Waals surface area contributed by atoms with Gasteiger partial charge in [-0.25, -0.2) is 0 Å². The van der Waals surface area contributed by atoms with E-state index in [0.717, 1.165) is 5.69 Å². The minimum atomic E-state index is -1.05. The summed E-state index contributed by atoms with van der Waals surface area (Å²) in [7, 11) is 3.17. The number of aromatic nitrogens is 1. The molecule has 1 heterocycles. The topological polar surface area (TPSA) is 118 Å². The average Bonchev–Trinajstić information content (AvgIpc) is 2.81. The lowest BCUT2D eigenvalue weighted by Gasteiger charge is -2.24. The van der Waals surface area contributed by atoms with Crippen LogP contribution in [0.5, 0.6) is 0 Å². The van der Waals surface area contributed by atoms with Crippen LogP contribution in [0.25, 0.3) is 0 Å². The molecular weight excluding hydrogens is 330 g/mol. The Labute approximate surface area is 145 Å². The molecule has 8 heteroatoms. The molecule has 2 rings (SSSR count). The lowest BCUT2D eigenvalue weighted by Crippen LogP contribution is -2.17. The maximum atomic E-state index is 11.8. The molecule has 2 unspecified atom stereocenters. The highest BCUT2D eigenvalue weighted by Gasteiger charge is 2.34. The Balaban J connectivity index is 2.17. The number of fused-ring (bicyclic) bond motifs is 1. The summed E-state index contributed by atoms with van der Waals surface area (Å²) < 4.78 is 12.1. The zero-order valence-corrected chi connectivity index (χ0v) is 14.5. The normalized spacial score (nSPS) is 19.2. The van der Waals surface area contributed by atoms with Crippen LogP contribution in [0, 0.1) is 6.92 Å². The minimum Gasteiger partial charge on any atom is -0.498 e. The van der Waals surface area contributed by atoms with Gasteiger partial charge in [0.15, 0.2) is 0 Å². The smallest absolute Gasteiger partial charge is 0.306 e. The molecule has 25 heavy (non-hydrogen) atoms. The third-order valence-electron chi connectivity index (χ3n) is 4.43. The van der Waals surface area contributed by atoms with E-state index < -0.39 is 24.1 Å². The second kappa shape index (κ2) is 7.71. The number of nitrogens with zero attached hydrogens (tertiary/aromatic N) is 1. The lowest BCUT2D eigenvalue weighted by molar-refractivity contribution is -0.145. The summed E-state index contributed by atoms with van der Waals surface area (Å²) in [4.78, 5) is 22.3. The maximum absolute atomic E-state index is 11.8. The molecule has 0 radical (unpaired) electrons. The first-order valence-electron chi connectivity index (χ1n) is 7.95. The Bertz CT molecular complexity index is 704. The number of hydrogen-bond donors (Lipinski definition) is 3. The maximum Gasteiger partial charge on any atom is 0.306 e. The number of carboxylic acids is 1. The van der Waals surface area contributed by atoms with Crippen molar-refractivity contribution in [3.63, 3.8) is 0 Å². The highest BCUT2D eigenvalue weighted by molar-refractivity contribution is 5.71. The van der Waals surface area contributed by atoms with E-state index in [1.54, 1.807) is 18.5 Å². The number of aliphatic hydroxyl groups is 2. The Morgan fingerprint density at radius 3 is 2.56 bits per heavy atom. The van der Waals surface area contributed by atoms with Crippen LogP contribution < -0.4 is 0 Å². The number of carboxylic acid groups (broad SMARTS) is 1. The van der Waals surface area contributed by atoms with Gasteiger partial charge in [0, 0.05) is 36.7 Å². The molecule has 2 atom stereocenters. The van der Waals surface area contributed by atoms with E-state index in [4.69, 9.17) is 14.6 Å². The van der Waals surface area contributed by atoms with Crippen molar-refractivity contribution in [1.82, 2.24) is 4.57 Å². The van der Waals surface area contributed by atoms with Gasteiger partial charge in [-0.2, -0.15) is 0 Å². The van der Waals surface area contributed by atoms with Crippen molar-refractivity contribution in [2.45, 2.75) is 45.0 Å². The van der Waals surface area contributed by atoms with Crippen LogP contribution in [0.3, 0.4) is 0 Å². The number of ether oxygens (including phenoxy) is 2. The van der Waals surface area contributed by atoms with Crippen molar-refractivity contribution >= 4 is 11.9 Å². The zero-order valence-electron chi connectivity index (χ0n) is 14.5. The number of rotatable bonds is 7. The molecule has 0 spiro atoms. The van der Waals surface area contributed by atoms with Crippen LogP contribution in [-0.4, -0.2) is 38.9 Å². The van der Waals surface area contributed by atoms with Crippen LogP contribution in [0.2, 0.25) is 0 Å². The molecule has 0 aromatic carbocycles. The van der Waals surface area contributed by atoms with Crippen molar-refractivity contribution in [2.24, 2.45) is 7.05 Å². The van der Waals surface area contributed by atoms with Crippen molar-refractivity contribution < 1.29 is 34.4 Å². The highest BCUT2D eigenvalue weighted by Crippen LogP contribution is 2.40. The zero-order chi connectivity index (χ0) is 18.7. The molecule has 0 amide bonds. The van der Waals surface area contributed by atoms with E-state index in [2.05, 4.69) is 0 Å². The summed E-state index contributed by atoms with van der Waals surface area (Å²) >= 11 is 0. The average molecular weight is 353 g/mol. The van der Waals surface area contributed by atoms with E-state index in [-0.39, 0.29) is 31.6 Å². The number of carbonyl (C=O) groups is 2. The first-order chi connectivity index (χ1) is 11.8. The van der Waals surface area contributed by atoms with Gasteiger partial charge in [0.2, 0.25) is 0 Å². The molecule has 8 nitrogen and oxygen atoms in total. The van der Waals surface area contributed by atoms with Gasteiger partial charge in [0.05, 0.1) is 12.8 Å². The molecule has 0 saturated heterocycles. The molecule has 1 aliphatic rings. The highest BCUT2D eigenvalue weighted by atomic mass is 16.5. The number of esters is 1. The molecule has 1 aromatic heterocycles. The van der Waals surface area contributed by atoms with Crippen LogP contribution in [0.15, 0.2) is 11.8 Å². The van der Waals surface area contributed by atoms with Gasteiger partial charge in [0.1, 0.15) is 24.6 Å². The van der Waals surface area contributed by atoms with E-state index in [0.29, 0.717) is 16.8 Å². The largest absolute Gasteiger partial charge is 0.498 e. The SMILES string of the molecule is COC1=CC(O)c2c(c(COC(=O)CCCC(=O)O)c(C)n2C)C1O. The number of aliphatic carboxylic acids is 1. The Morgan fingerprint density at radius 1 is 1.28 bits per heavy atom. The number of hydrogen-bond acceptors (Lipinski definition) is 6. The monoisotopic (exact) mass is 353 g/mol. The molecule has 0 saturated carbocycles. The van der Waals surface area contributed by atoms with E-state index >= 15 is 0 Å². The van der Waals surface area contributed by atoms with Gasteiger partial charge in [-0.3, -0.25) is 9.59 Å². The Hall–Kier alpha value is -2.32. The van der Waals surface area contributed by atoms with Gasteiger partial charge in [-0.1, -0.05) is 0 Å². The molecular formula is C17H23NO7. The standard InChI is InChI=1S/C17H23NO7/c1-9-10(8-25-14(22)6-4-5-13(20)21)15-16(18(9)2)11(19)7-12(24-3)17(15)23/h7,11,17,19,23H,4-6,8H2,1-3H3,(H,20,21). The molecule has 138 valence electrons. The minimum absolute atomic E-state index is 0.00870. The van der Waals surface area contributed by atoms with Crippen molar-refractivity contribution in [2.75, 3.05) is 7.11 Å². The van der Waals surface area contributed by atoms with E-state index in [1.807, 2.05) is 0 Å².